The lowest BCUT2D eigenvalue weighted by Crippen LogP contribution is -2.34. The van der Waals surface area contributed by atoms with Crippen LogP contribution in [-0.2, 0) is 0 Å². The Labute approximate surface area is 115 Å². The summed E-state index contributed by atoms with van der Waals surface area (Å²) < 4.78 is 19.3. The second kappa shape index (κ2) is 6.38. The van der Waals surface area contributed by atoms with Crippen LogP contribution in [0.3, 0.4) is 0 Å². The molecule has 0 aliphatic heterocycles. The number of halogens is 1. The lowest BCUT2D eigenvalue weighted by Gasteiger charge is -2.26. The molecule has 1 unspecified atom stereocenters. The molecule has 0 bridgehead atoms. The summed E-state index contributed by atoms with van der Waals surface area (Å²) in [6, 6.07) is 5.38. The van der Waals surface area contributed by atoms with E-state index in [0.29, 0.717) is 17.4 Å². The third-order valence-corrected chi connectivity index (χ3v) is 4.29. The van der Waals surface area contributed by atoms with Crippen molar-refractivity contribution in [2.75, 3.05) is 7.11 Å². The van der Waals surface area contributed by atoms with Gasteiger partial charge in [0, 0.05) is 17.6 Å². The summed E-state index contributed by atoms with van der Waals surface area (Å²) in [5.74, 6) is 1.15. The molecule has 1 N–H and O–H groups in total. The molecule has 3 heteroatoms. The predicted octanol–water partition coefficient (Wildman–Crippen LogP) is 4.06. The SMILES string of the molecule is COc1cccc(F)c1C(C)N[C@@H](C)C1CCCC1. The van der Waals surface area contributed by atoms with Crippen molar-refractivity contribution in [3.8, 4) is 5.75 Å². The number of nitrogens with one attached hydrogen (secondary N) is 1. The topological polar surface area (TPSA) is 21.3 Å². The monoisotopic (exact) mass is 265 g/mol. The summed E-state index contributed by atoms with van der Waals surface area (Å²) in [4.78, 5) is 0. The largest absolute Gasteiger partial charge is 0.496 e. The number of hydrogen-bond acceptors (Lipinski definition) is 2. The van der Waals surface area contributed by atoms with Crippen LogP contribution in [0.25, 0.3) is 0 Å². The lowest BCUT2D eigenvalue weighted by atomic mass is 9.97. The van der Waals surface area contributed by atoms with Gasteiger partial charge in [-0.15, -0.1) is 0 Å². The summed E-state index contributed by atoms with van der Waals surface area (Å²) in [7, 11) is 1.59. The Bertz CT molecular complexity index is 415. The molecule has 0 spiro atoms. The van der Waals surface area contributed by atoms with Crippen LogP contribution < -0.4 is 10.1 Å². The average Bonchev–Trinajstić information content (AvgIpc) is 2.92. The van der Waals surface area contributed by atoms with Crippen LogP contribution in [0.4, 0.5) is 4.39 Å². The third-order valence-electron chi connectivity index (χ3n) is 4.29. The molecule has 0 saturated heterocycles. The standard InChI is InChI=1S/C16H24FNO/c1-11(13-7-4-5-8-13)18-12(2)16-14(17)9-6-10-15(16)19-3/h6,9-13,18H,4-5,7-8H2,1-3H3/t11-,12?/m0/s1. The van der Waals surface area contributed by atoms with Crippen molar-refractivity contribution in [2.24, 2.45) is 5.92 Å². The highest BCUT2D eigenvalue weighted by atomic mass is 19.1. The molecule has 0 radical (unpaired) electrons. The van der Waals surface area contributed by atoms with Gasteiger partial charge in [-0.1, -0.05) is 18.9 Å². The van der Waals surface area contributed by atoms with Gasteiger partial charge in [-0.25, -0.2) is 4.39 Å². The van der Waals surface area contributed by atoms with E-state index in [2.05, 4.69) is 12.2 Å². The van der Waals surface area contributed by atoms with Crippen LogP contribution in [-0.4, -0.2) is 13.2 Å². The Balaban J connectivity index is 2.08. The van der Waals surface area contributed by atoms with Crippen LogP contribution in [0.2, 0.25) is 0 Å². The van der Waals surface area contributed by atoms with E-state index >= 15 is 0 Å². The van der Waals surface area contributed by atoms with Gasteiger partial charge in [-0.3, -0.25) is 0 Å². The van der Waals surface area contributed by atoms with Crippen molar-refractivity contribution in [3.05, 3.63) is 29.6 Å². The van der Waals surface area contributed by atoms with E-state index in [9.17, 15) is 4.39 Å². The molecule has 2 atom stereocenters. The molecule has 2 rings (SSSR count). The number of benzene rings is 1. The number of rotatable bonds is 5. The summed E-state index contributed by atoms with van der Waals surface area (Å²) in [5, 5.41) is 3.53. The van der Waals surface area contributed by atoms with E-state index in [-0.39, 0.29) is 11.9 Å². The van der Waals surface area contributed by atoms with Crippen molar-refractivity contribution in [1.29, 1.82) is 0 Å². The molecule has 106 valence electrons. The van der Waals surface area contributed by atoms with E-state index in [4.69, 9.17) is 4.74 Å². The first-order chi connectivity index (χ1) is 9.13. The van der Waals surface area contributed by atoms with E-state index in [0.717, 1.165) is 5.92 Å². The highest BCUT2D eigenvalue weighted by molar-refractivity contribution is 5.36. The van der Waals surface area contributed by atoms with Crippen LogP contribution in [0.5, 0.6) is 5.75 Å². The zero-order valence-electron chi connectivity index (χ0n) is 12.1. The van der Waals surface area contributed by atoms with E-state index in [1.165, 1.54) is 31.7 Å². The van der Waals surface area contributed by atoms with Crippen LogP contribution in [0.15, 0.2) is 18.2 Å². The molecule has 19 heavy (non-hydrogen) atoms. The quantitative estimate of drug-likeness (QED) is 0.866. The fourth-order valence-electron chi connectivity index (χ4n) is 3.19. The smallest absolute Gasteiger partial charge is 0.131 e. The predicted molar refractivity (Wildman–Crippen MR) is 75.9 cm³/mol. The Morgan fingerprint density at radius 2 is 1.95 bits per heavy atom. The first-order valence-electron chi connectivity index (χ1n) is 7.22. The van der Waals surface area contributed by atoms with Gasteiger partial charge in [0.05, 0.1) is 7.11 Å². The van der Waals surface area contributed by atoms with Crippen LogP contribution in [0, 0.1) is 11.7 Å². The molecule has 0 amide bonds. The second-order valence-corrected chi connectivity index (χ2v) is 5.58. The molecule has 0 aromatic heterocycles. The van der Waals surface area contributed by atoms with E-state index in [1.807, 2.05) is 13.0 Å². The lowest BCUT2D eigenvalue weighted by molar-refractivity contribution is 0.338. The molecule has 1 fully saturated rings. The normalized spacial score (nSPS) is 19.4. The minimum Gasteiger partial charge on any atom is -0.496 e. The molecular formula is C16H24FNO. The maximum atomic E-state index is 14.0. The van der Waals surface area contributed by atoms with Gasteiger partial charge < -0.3 is 10.1 Å². The molecule has 1 aromatic rings. The zero-order chi connectivity index (χ0) is 13.8. The number of methoxy groups -OCH3 is 1. The molecule has 1 aromatic carbocycles. The Kier molecular flexibility index (Phi) is 4.81. The minimum atomic E-state index is -0.196. The van der Waals surface area contributed by atoms with Gasteiger partial charge in [0.2, 0.25) is 0 Å². The average molecular weight is 265 g/mol. The number of ether oxygens (including phenoxy) is 1. The Hall–Kier alpha value is -1.09. The van der Waals surface area contributed by atoms with Crippen molar-refractivity contribution in [1.82, 2.24) is 5.32 Å². The van der Waals surface area contributed by atoms with E-state index < -0.39 is 0 Å². The van der Waals surface area contributed by atoms with Gasteiger partial charge in [0.1, 0.15) is 11.6 Å². The highest BCUT2D eigenvalue weighted by Crippen LogP contribution is 2.31. The first-order valence-corrected chi connectivity index (χ1v) is 7.22. The second-order valence-electron chi connectivity index (χ2n) is 5.58. The van der Waals surface area contributed by atoms with Crippen molar-refractivity contribution in [3.63, 3.8) is 0 Å². The van der Waals surface area contributed by atoms with Gasteiger partial charge in [-0.2, -0.15) is 0 Å². The van der Waals surface area contributed by atoms with E-state index in [1.54, 1.807) is 13.2 Å². The van der Waals surface area contributed by atoms with Crippen molar-refractivity contribution < 1.29 is 9.13 Å². The van der Waals surface area contributed by atoms with Gasteiger partial charge in [0.15, 0.2) is 0 Å². The van der Waals surface area contributed by atoms with Crippen molar-refractivity contribution in [2.45, 2.75) is 51.6 Å². The van der Waals surface area contributed by atoms with Crippen LogP contribution >= 0.6 is 0 Å². The molecule has 1 aliphatic rings. The maximum absolute atomic E-state index is 14.0. The Morgan fingerprint density at radius 1 is 1.26 bits per heavy atom. The fraction of sp³-hybridized carbons (Fsp3) is 0.625. The first kappa shape index (κ1) is 14.3. The third kappa shape index (κ3) is 3.27. The summed E-state index contributed by atoms with van der Waals surface area (Å²) in [5.41, 5.74) is 0.634. The molecule has 2 nitrogen and oxygen atoms in total. The highest BCUT2D eigenvalue weighted by Gasteiger charge is 2.24. The Morgan fingerprint density at radius 3 is 2.58 bits per heavy atom. The van der Waals surface area contributed by atoms with Gasteiger partial charge >= 0.3 is 0 Å². The molecule has 0 heterocycles. The fourth-order valence-corrected chi connectivity index (χ4v) is 3.19. The molecule has 1 saturated carbocycles. The summed E-state index contributed by atoms with van der Waals surface area (Å²) in [6.45, 7) is 4.21. The van der Waals surface area contributed by atoms with Crippen LogP contribution in [0.1, 0.15) is 51.1 Å². The molecular weight excluding hydrogens is 241 g/mol. The maximum Gasteiger partial charge on any atom is 0.131 e. The number of hydrogen-bond donors (Lipinski definition) is 1. The minimum absolute atomic E-state index is 0.0354. The zero-order valence-corrected chi connectivity index (χ0v) is 12.1. The summed E-state index contributed by atoms with van der Waals surface area (Å²) >= 11 is 0. The molecule has 1 aliphatic carbocycles. The summed E-state index contributed by atoms with van der Waals surface area (Å²) in [6.07, 6.45) is 5.23. The van der Waals surface area contributed by atoms with Gasteiger partial charge in [0.25, 0.3) is 0 Å². The van der Waals surface area contributed by atoms with Crippen molar-refractivity contribution >= 4 is 0 Å². The van der Waals surface area contributed by atoms with Gasteiger partial charge in [-0.05, 0) is 44.7 Å².